The number of benzene rings is 1. The quantitative estimate of drug-likeness (QED) is 0.800. The SMILES string of the molecule is Brc1cccc2c1C(CN1CCC1)CCC2. The second-order valence-corrected chi connectivity index (χ2v) is 5.91. The summed E-state index contributed by atoms with van der Waals surface area (Å²) in [7, 11) is 0. The second kappa shape index (κ2) is 4.50. The molecule has 1 aromatic carbocycles. The molecule has 0 aromatic heterocycles. The Morgan fingerprint density at radius 2 is 2.12 bits per heavy atom. The molecular weight excluding hydrogens is 262 g/mol. The summed E-state index contributed by atoms with van der Waals surface area (Å²) in [5, 5.41) is 0. The molecule has 1 unspecified atom stereocenters. The van der Waals surface area contributed by atoms with Gasteiger partial charge in [0.2, 0.25) is 0 Å². The van der Waals surface area contributed by atoms with Crippen molar-refractivity contribution in [3.63, 3.8) is 0 Å². The zero-order valence-electron chi connectivity index (χ0n) is 9.58. The fraction of sp³-hybridized carbons (Fsp3) is 0.571. The predicted molar refractivity (Wildman–Crippen MR) is 70.9 cm³/mol. The van der Waals surface area contributed by atoms with E-state index in [4.69, 9.17) is 0 Å². The molecule has 1 heterocycles. The smallest absolute Gasteiger partial charge is 0.0213 e. The van der Waals surface area contributed by atoms with Gasteiger partial charge >= 0.3 is 0 Å². The number of hydrogen-bond donors (Lipinski definition) is 0. The summed E-state index contributed by atoms with van der Waals surface area (Å²) in [4.78, 5) is 2.60. The molecule has 0 bridgehead atoms. The summed E-state index contributed by atoms with van der Waals surface area (Å²) in [6.07, 6.45) is 5.40. The van der Waals surface area contributed by atoms with Crippen LogP contribution in [0.3, 0.4) is 0 Å². The van der Waals surface area contributed by atoms with Gasteiger partial charge in [-0.05, 0) is 61.9 Å². The highest BCUT2D eigenvalue weighted by Gasteiger charge is 2.26. The van der Waals surface area contributed by atoms with Gasteiger partial charge in [-0.25, -0.2) is 0 Å². The minimum absolute atomic E-state index is 0.764. The number of halogens is 1. The summed E-state index contributed by atoms with van der Waals surface area (Å²) < 4.78 is 1.33. The van der Waals surface area contributed by atoms with Crippen molar-refractivity contribution in [3.8, 4) is 0 Å². The zero-order chi connectivity index (χ0) is 11.0. The lowest BCUT2D eigenvalue weighted by Crippen LogP contribution is -2.40. The van der Waals surface area contributed by atoms with Crippen LogP contribution in [0.25, 0.3) is 0 Å². The highest BCUT2D eigenvalue weighted by Crippen LogP contribution is 2.37. The molecule has 1 aliphatic heterocycles. The van der Waals surface area contributed by atoms with E-state index in [0.29, 0.717) is 0 Å². The third-order valence-electron chi connectivity index (χ3n) is 3.98. The first-order valence-corrected chi connectivity index (χ1v) is 7.13. The van der Waals surface area contributed by atoms with E-state index in [9.17, 15) is 0 Å². The van der Waals surface area contributed by atoms with E-state index < -0.39 is 0 Å². The van der Waals surface area contributed by atoms with Gasteiger partial charge in [0.05, 0.1) is 0 Å². The molecule has 0 N–H and O–H groups in total. The highest BCUT2D eigenvalue weighted by molar-refractivity contribution is 9.10. The molecule has 0 amide bonds. The molecule has 1 atom stereocenters. The van der Waals surface area contributed by atoms with Crippen LogP contribution in [0.15, 0.2) is 22.7 Å². The number of aryl methyl sites for hydroxylation is 1. The molecular formula is C14H18BrN. The van der Waals surface area contributed by atoms with Crippen molar-refractivity contribution in [3.05, 3.63) is 33.8 Å². The number of fused-ring (bicyclic) bond motifs is 1. The molecule has 2 aliphatic rings. The van der Waals surface area contributed by atoms with Gasteiger partial charge in [0, 0.05) is 11.0 Å². The first-order valence-electron chi connectivity index (χ1n) is 6.34. The molecule has 1 aliphatic carbocycles. The van der Waals surface area contributed by atoms with E-state index in [0.717, 1.165) is 5.92 Å². The molecule has 1 saturated heterocycles. The van der Waals surface area contributed by atoms with Gasteiger partial charge in [-0.2, -0.15) is 0 Å². The van der Waals surface area contributed by atoms with E-state index >= 15 is 0 Å². The summed E-state index contributed by atoms with van der Waals surface area (Å²) >= 11 is 3.73. The largest absolute Gasteiger partial charge is 0.303 e. The van der Waals surface area contributed by atoms with Gasteiger partial charge < -0.3 is 4.90 Å². The van der Waals surface area contributed by atoms with Crippen molar-refractivity contribution in [2.75, 3.05) is 19.6 Å². The average molecular weight is 280 g/mol. The standard InChI is InChI=1S/C14H18BrN/c15-13-7-2-5-11-4-1-6-12(14(11)13)10-16-8-3-9-16/h2,5,7,12H,1,3-4,6,8-10H2. The Balaban J connectivity index is 1.86. The number of nitrogens with zero attached hydrogens (tertiary/aromatic N) is 1. The maximum Gasteiger partial charge on any atom is 0.0213 e. The van der Waals surface area contributed by atoms with Crippen molar-refractivity contribution in [2.24, 2.45) is 0 Å². The topological polar surface area (TPSA) is 3.24 Å². The molecule has 0 spiro atoms. The van der Waals surface area contributed by atoms with Crippen LogP contribution in [-0.2, 0) is 6.42 Å². The van der Waals surface area contributed by atoms with E-state index in [1.807, 2.05) is 0 Å². The Morgan fingerprint density at radius 1 is 1.25 bits per heavy atom. The Morgan fingerprint density at radius 3 is 2.88 bits per heavy atom. The Hall–Kier alpha value is -0.340. The zero-order valence-corrected chi connectivity index (χ0v) is 11.2. The fourth-order valence-electron chi connectivity index (χ4n) is 3.00. The maximum absolute atomic E-state index is 3.73. The Labute approximate surface area is 106 Å². The van der Waals surface area contributed by atoms with E-state index in [-0.39, 0.29) is 0 Å². The molecule has 0 saturated carbocycles. The van der Waals surface area contributed by atoms with Crippen LogP contribution in [0, 0.1) is 0 Å². The molecule has 3 rings (SSSR count). The van der Waals surface area contributed by atoms with Crippen molar-refractivity contribution < 1.29 is 0 Å². The molecule has 0 radical (unpaired) electrons. The van der Waals surface area contributed by atoms with Crippen molar-refractivity contribution in [1.29, 1.82) is 0 Å². The summed E-state index contributed by atoms with van der Waals surface area (Å²) in [5.74, 6) is 0.764. The van der Waals surface area contributed by atoms with Crippen LogP contribution in [0.4, 0.5) is 0 Å². The van der Waals surface area contributed by atoms with Gasteiger partial charge in [0.15, 0.2) is 0 Å². The number of rotatable bonds is 2. The molecule has 16 heavy (non-hydrogen) atoms. The van der Waals surface area contributed by atoms with Crippen LogP contribution in [0.1, 0.15) is 36.3 Å². The van der Waals surface area contributed by atoms with Gasteiger partial charge in [-0.1, -0.05) is 28.1 Å². The minimum Gasteiger partial charge on any atom is -0.303 e. The van der Waals surface area contributed by atoms with Gasteiger partial charge in [-0.3, -0.25) is 0 Å². The van der Waals surface area contributed by atoms with E-state index in [1.165, 1.54) is 49.8 Å². The number of likely N-dealkylation sites (tertiary alicyclic amines) is 1. The van der Waals surface area contributed by atoms with E-state index in [1.54, 1.807) is 11.1 Å². The summed E-state index contributed by atoms with van der Waals surface area (Å²) in [5.41, 5.74) is 3.17. The first-order chi connectivity index (χ1) is 7.84. The van der Waals surface area contributed by atoms with Gasteiger partial charge in [0.1, 0.15) is 0 Å². The highest BCUT2D eigenvalue weighted by atomic mass is 79.9. The number of hydrogen-bond acceptors (Lipinski definition) is 1. The van der Waals surface area contributed by atoms with Gasteiger partial charge in [-0.15, -0.1) is 0 Å². The average Bonchev–Trinajstić information content (AvgIpc) is 2.24. The van der Waals surface area contributed by atoms with Crippen LogP contribution in [0.2, 0.25) is 0 Å². The molecule has 1 aromatic rings. The summed E-state index contributed by atoms with van der Waals surface area (Å²) in [6.45, 7) is 3.90. The predicted octanol–water partition coefficient (Wildman–Crippen LogP) is 3.57. The lowest BCUT2D eigenvalue weighted by molar-refractivity contribution is 0.165. The Bertz CT molecular complexity index is 384. The lowest BCUT2D eigenvalue weighted by Gasteiger charge is -2.36. The molecule has 1 fully saturated rings. The van der Waals surface area contributed by atoms with Crippen molar-refractivity contribution >= 4 is 15.9 Å². The van der Waals surface area contributed by atoms with Crippen LogP contribution in [-0.4, -0.2) is 24.5 Å². The molecule has 1 nitrogen and oxygen atoms in total. The molecule has 2 heteroatoms. The normalized spacial score (nSPS) is 24.9. The fourth-order valence-corrected chi connectivity index (χ4v) is 3.73. The van der Waals surface area contributed by atoms with E-state index in [2.05, 4.69) is 39.0 Å². The van der Waals surface area contributed by atoms with Crippen molar-refractivity contribution in [1.82, 2.24) is 4.90 Å². The van der Waals surface area contributed by atoms with Crippen LogP contribution >= 0.6 is 15.9 Å². The van der Waals surface area contributed by atoms with Crippen molar-refractivity contribution in [2.45, 2.75) is 31.6 Å². The monoisotopic (exact) mass is 279 g/mol. The summed E-state index contributed by atoms with van der Waals surface area (Å²) in [6, 6.07) is 6.69. The maximum atomic E-state index is 3.73. The van der Waals surface area contributed by atoms with Crippen LogP contribution in [0.5, 0.6) is 0 Å². The first kappa shape index (κ1) is 10.8. The third kappa shape index (κ3) is 1.93. The van der Waals surface area contributed by atoms with Crippen LogP contribution < -0.4 is 0 Å². The molecule has 86 valence electrons. The second-order valence-electron chi connectivity index (χ2n) is 5.06. The third-order valence-corrected chi connectivity index (χ3v) is 4.67. The lowest BCUT2D eigenvalue weighted by atomic mass is 9.82. The Kier molecular flexibility index (Phi) is 3.03. The van der Waals surface area contributed by atoms with Gasteiger partial charge in [0.25, 0.3) is 0 Å². The minimum atomic E-state index is 0.764.